The zero-order valence-electron chi connectivity index (χ0n) is 16.5. The van der Waals surface area contributed by atoms with E-state index in [0.29, 0.717) is 34.7 Å². The van der Waals surface area contributed by atoms with Gasteiger partial charge in [-0.3, -0.25) is 4.79 Å². The number of carbonyl (C=O) groups is 1. The summed E-state index contributed by atoms with van der Waals surface area (Å²) in [4.78, 5) is 12.1. The Hall–Kier alpha value is -3.00. The third-order valence-corrected chi connectivity index (χ3v) is 5.12. The van der Waals surface area contributed by atoms with Gasteiger partial charge >= 0.3 is 0 Å². The molecular formula is C21H23N3O4S. The number of benzene rings is 2. The van der Waals surface area contributed by atoms with Crippen LogP contribution in [-0.4, -0.2) is 42.6 Å². The Morgan fingerprint density at radius 3 is 2.45 bits per heavy atom. The van der Waals surface area contributed by atoms with E-state index < -0.39 is 0 Å². The lowest BCUT2D eigenvalue weighted by Crippen LogP contribution is -2.28. The Kier molecular flexibility index (Phi) is 7.13. The maximum atomic E-state index is 12.1. The van der Waals surface area contributed by atoms with Gasteiger partial charge in [-0.2, -0.15) is 0 Å². The highest BCUT2D eigenvalue weighted by molar-refractivity contribution is 7.99. The summed E-state index contributed by atoms with van der Waals surface area (Å²) >= 11 is 1.20. The number of hydrogen-bond acceptors (Lipinski definition) is 7. The van der Waals surface area contributed by atoms with Crippen molar-refractivity contribution in [2.24, 2.45) is 0 Å². The first-order valence-electron chi connectivity index (χ1n) is 9.10. The van der Waals surface area contributed by atoms with Crippen molar-refractivity contribution < 1.29 is 18.7 Å². The molecule has 3 aromatic rings. The van der Waals surface area contributed by atoms with Gasteiger partial charge in [-0.25, -0.2) is 0 Å². The summed E-state index contributed by atoms with van der Waals surface area (Å²) in [5, 5.41) is 11.3. The predicted molar refractivity (Wildman–Crippen MR) is 111 cm³/mol. The van der Waals surface area contributed by atoms with E-state index in [1.54, 1.807) is 32.4 Å². The van der Waals surface area contributed by atoms with Crippen LogP contribution in [0.5, 0.6) is 11.5 Å². The van der Waals surface area contributed by atoms with Gasteiger partial charge in [0.25, 0.3) is 5.22 Å². The molecule has 29 heavy (non-hydrogen) atoms. The largest absolute Gasteiger partial charge is 0.497 e. The van der Waals surface area contributed by atoms with E-state index in [4.69, 9.17) is 13.9 Å². The molecule has 1 N–H and O–H groups in total. The summed E-state index contributed by atoms with van der Waals surface area (Å²) in [7, 11) is 3.15. The van der Waals surface area contributed by atoms with Crippen molar-refractivity contribution in [2.45, 2.75) is 18.1 Å². The fourth-order valence-corrected chi connectivity index (χ4v) is 3.25. The van der Waals surface area contributed by atoms with Crippen LogP contribution >= 0.6 is 11.8 Å². The minimum atomic E-state index is -0.0828. The summed E-state index contributed by atoms with van der Waals surface area (Å²) in [6, 6.07) is 15.4. The number of carbonyl (C=O) groups excluding carboxylic acids is 1. The molecule has 0 unspecified atom stereocenters. The van der Waals surface area contributed by atoms with Crippen molar-refractivity contribution in [3.63, 3.8) is 0 Å². The number of methoxy groups -OCH3 is 2. The molecule has 3 rings (SSSR count). The van der Waals surface area contributed by atoms with Gasteiger partial charge < -0.3 is 19.2 Å². The molecule has 0 radical (unpaired) electrons. The molecule has 0 fully saturated rings. The Balaban J connectivity index is 1.53. The van der Waals surface area contributed by atoms with Gasteiger partial charge in [-0.1, -0.05) is 49.0 Å². The van der Waals surface area contributed by atoms with Crippen molar-refractivity contribution >= 4 is 17.7 Å². The summed E-state index contributed by atoms with van der Waals surface area (Å²) in [6.45, 7) is 2.65. The molecule has 1 aromatic heterocycles. The number of aromatic nitrogens is 2. The van der Waals surface area contributed by atoms with Gasteiger partial charge in [0.2, 0.25) is 11.8 Å². The number of rotatable bonds is 9. The maximum absolute atomic E-state index is 12.1. The number of thioether (sulfide) groups is 1. The minimum absolute atomic E-state index is 0.0828. The zero-order chi connectivity index (χ0) is 20.6. The second kappa shape index (κ2) is 9.97. The molecule has 0 bridgehead atoms. The quantitative estimate of drug-likeness (QED) is 0.534. The van der Waals surface area contributed by atoms with Gasteiger partial charge in [-0.05, 0) is 23.6 Å². The van der Waals surface area contributed by atoms with Crippen molar-refractivity contribution in [3.05, 3.63) is 54.1 Å². The van der Waals surface area contributed by atoms with E-state index >= 15 is 0 Å². The Labute approximate surface area is 173 Å². The van der Waals surface area contributed by atoms with E-state index in [9.17, 15) is 4.79 Å². The highest BCUT2D eigenvalue weighted by atomic mass is 32.2. The first-order valence-corrected chi connectivity index (χ1v) is 10.1. The van der Waals surface area contributed by atoms with E-state index in [0.717, 1.165) is 0 Å². The molecule has 1 amide bonds. The van der Waals surface area contributed by atoms with Crippen LogP contribution < -0.4 is 14.8 Å². The average Bonchev–Trinajstić information content (AvgIpc) is 3.25. The van der Waals surface area contributed by atoms with Crippen LogP contribution in [-0.2, 0) is 4.79 Å². The summed E-state index contributed by atoms with van der Waals surface area (Å²) in [5.74, 6) is 1.94. The third kappa shape index (κ3) is 5.74. The van der Waals surface area contributed by atoms with Gasteiger partial charge in [0.1, 0.15) is 11.5 Å². The van der Waals surface area contributed by atoms with Crippen LogP contribution in [0.2, 0.25) is 0 Å². The Morgan fingerprint density at radius 1 is 1.10 bits per heavy atom. The summed E-state index contributed by atoms with van der Waals surface area (Å²) in [6.07, 6.45) is 0. The SMILES string of the molecule is COc1cc(OC)cc(-c2nnc(SCC(=O)NC[C@@H](C)c3ccccc3)o2)c1. The number of amides is 1. The fourth-order valence-electron chi connectivity index (χ4n) is 2.66. The smallest absolute Gasteiger partial charge is 0.277 e. The lowest BCUT2D eigenvalue weighted by atomic mass is 10.0. The molecule has 2 aromatic carbocycles. The third-order valence-electron chi connectivity index (χ3n) is 4.31. The second-order valence-corrected chi connectivity index (χ2v) is 7.31. The monoisotopic (exact) mass is 413 g/mol. The van der Waals surface area contributed by atoms with Crippen LogP contribution in [0.3, 0.4) is 0 Å². The van der Waals surface area contributed by atoms with E-state index in [1.165, 1.54) is 17.3 Å². The van der Waals surface area contributed by atoms with Gasteiger partial charge in [0, 0.05) is 18.2 Å². The first-order chi connectivity index (χ1) is 14.1. The molecule has 0 aliphatic heterocycles. The molecule has 0 saturated heterocycles. The second-order valence-electron chi connectivity index (χ2n) is 6.38. The molecule has 0 aliphatic rings. The van der Waals surface area contributed by atoms with Crippen LogP contribution in [0.15, 0.2) is 58.2 Å². The zero-order valence-corrected chi connectivity index (χ0v) is 17.4. The van der Waals surface area contributed by atoms with Crippen LogP contribution in [0.4, 0.5) is 0 Å². The molecular weight excluding hydrogens is 390 g/mol. The maximum Gasteiger partial charge on any atom is 0.277 e. The Morgan fingerprint density at radius 2 is 1.79 bits per heavy atom. The molecule has 7 nitrogen and oxygen atoms in total. The predicted octanol–water partition coefficient (Wildman–Crippen LogP) is 3.77. The molecule has 8 heteroatoms. The van der Waals surface area contributed by atoms with E-state index in [2.05, 4.69) is 34.6 Å². The summed E-state index contributed by atoms with van der Waals surface area (Å²) < 4.78 is 16.2. The normalized spacial score (nSPS) is 11.7. The molecule has 152 valence electrons. The minimum Gasteiger partial charge on any atom is -0.497 e. The molecule has 1 heterocycles. The number of hydrogen-bond donors (Lipinski definition) is 1. The van der Waals surface area contributed by atoms with Crippen molar-refractivity contribution in [2.75, 3.05) is 26.5 Å². The standard InChI is InChI=1S/C21H23N3O4S/c1-14(15-7-5-4-6-8-15)12-22-19(25)13-29-21-24-23-20(28-21)16-9-17(26-2)11-18(10-16)27-3/h4-11,14H,12-13H2,1-3H3,(H,22,25)/t14-/m1/s1. The van der Waals surface area contributed by atoms with E-state index in [-0.39, 0.29) is 17.6 Å². The fraction of sp³-hybridized carbons (Fsp3) is 0.286. The van der Waals surface area contributed by atoms with Gasteiger partial charge in [-0.15, -0.1) is 10.2 Å². The molecule has 0 saturated carbocycles. The van der Waals surface area contributed by atoms with Gasteiger partial charge in [0.05, 0.1) is 20.0 Å². The molecule has 0 spiro atoms. The van der Waals surface area contributed by atoms with Crippen LogP contribution in [0, 0.1) is 0 Å². The lowest BCUT2D eigenvalue weighted by Gasteiger charge is -2.12. The van der Waals surface area contributed by atoms with Crippen molar-refractivity contribution in [1.82, 2.24) is 15.5 Å². The average molecular weight is 413 g/mol. The first kappa shape index (κ1) is 20.7. The van der Waals surface area contributed by atoms with Crippen molar-refractivity contribution in [1.29, 1.82) is 0 Å². The highest BCUT2D eigenvalue weighted by Gasteiger charge is 2.14. The number of ether oxygens (including phenoxy) is 2. The van der Waals surface area contributed by atoms with Crippen molar-refractivity contribution in [3.8, 4) is 23.0 Å². The topological polar surface area (TPSA) is 86.5 Å². The number of nitrogens with zero attached hydrogens (tertiary/aromatic N) is 2. The Bertz CT molecular complexity index is 924. The summed E-state index contributed by atoms with van der Waals surface area (Å²) in [5.41, 5.74) is 1.87. The van der Waals surface area contributed by atoms with Crippen LogP contribution in [0.25, 0.3) is 11.5 Å². The molecule has 1 atom stereocenters. The number of nitrogens with one attached hydrogen (secondary N) is 1. The molecule has 0 aliphatic carbocycles. The highest BCUT2D eigenvalue weighted by Crippen LogP contribution is 2.30. The van der Waals surface area contributed by atoms with Crippen LogP contribution in [0.1, 0.15) is 18.4 Å². The van der Waals surface area contributed by atoms with Gasteiger partial charge in [0.15, 0.2) is 0 Å². The van der Waals surface area contributed by atoms with E-state index in [1.807, 2.05) is 18.2 Å². The lowest BCUT2D eigenvalue weighted by molar-refractivity contribution is -0.118.